The van der Waals surface area contributed by atoms with E-state index in [1.165, 1.54) is 18.2 Å². The van der Waals surface area contributed by atoms with Crippen molar-refractivity contribution in [2.24, 2.45) is 0 Å². The molecule has 136 valence electrons. The van der Waals surface area contributed by atoms with E-state index in [2.05, 4.69) is 0 Å². The van der Waals surface area contributed by atoms with Crippen molar-refractivity contribution in [3.8, 4) is 11.5 Å². The lowest BCUT2D eigenvalue weighted by Gasteiger charge is -2.24. The fraction of sp³-hybridized carbons (Fsp3) is 0.300. The number of phenols is 2. The first-order chi connectivity index (χ1) is 12.4. The Bertz CT molecular complexity index is 851. The molecule has 0 saturated heterocycles. The molecule has 1 aliphatic carbocycles. The quantitative estimate of drug-likeness (QED) is 0.672. The highest BCUT2D eigenvalue weighted by Gasteiger charge is 2.29. The van der Waals surface area contributed by atoms with Crippen molar-refractivity contribution in [3.63, 3.8) is 0 Å². The Balaban J connectivity index is 2.14. The number of halogens is 1. The van der Waals surface area contributed by atoms with Crippen LogP contribution in [0.15, 0.2) is 30.3 Å². The van der Waals surface area contributed by atoms with Gasteiger partial charge in [0, 0.05) is 10.6 Å². The van der Waals surface area contributed by atoms with Gasteiger partial charge in [-0.3, -0.25) is 4.79 Å². The minimum absolute atomic E-state index is 0.0285. The van der Waals surface area contributed by atoms with Crippen LogP contribution in [-0.2, 0) is 0 Å². The first kappa shape index (κ1) is 18.3. The zero-order chi connectivity index (χ0) is 18.8. The van der Waals surface area contributed by atoms with E-state index in [0.717, 1.165) is 32.1 Å². The van der Waals surface area contributed by atoms with Crippen molar-refractivity contribution in [3.05, 3.63) is 57.6 Å². The highest BCUT2D eigenvalue weighted by Crippen LogP contribution is 2.43. The molecule has 0 unspecified atom stereocenters. The topological polar surface area (TPSA) is 94.8 Å². The minimum atomic E-state index is -1.47. The molecule has 0 atom stereocenters. The van der Waals surface area contributed by atoms with Crippen LogP contribution in [0.25, 0.3) is 0 Å². The highest BCUT2D eigenvalue weighted by molar-refractivity contribution is 6.30. The van der Waals surface area contributed by atoms with Crippen LogP contribution in [-0.4, -0.2) is 27.1 Å². The third kappa shape index (κ3) is 3.40. The maximum Gasteiger partial charge on any atom is 0.343 e. The summed E-state index contributed by atoms with van der Waals surface area (Å²) in [6.45, 7) is 0. The molecule has 3 rings (SSSR count). The van der Waals surface area contributed by atoms with E-state index < -0.39 is 28.8 Å². The fourth-order valence-corrected chi connectivity index (χ4v) is 3.67. The zero-order valence-electron chi connectivity index (χ0n) is 14.0. The molecule has 0 radical (unpaired) electrons. The van der Waals surface area contributed by atoms with Crippen LogP contribution in [0.4, 0.5) is 0 Å². The molecule has 5 nitrogen and oxygen atoms in total. The summed E-state index contributed by atoms with van der Waals surface area (Å²) < 4.78 is 0. The van der Waals surface area contributed by atoms with Gasteiger partial charge in [-0.15, -0.1) is 0 Å². The molecule has 0 spiro atoms. The summed E-state index contributed by atoms with van der Waals surface area (Å²) in [5, 5.41) is 30.7. The first-order valence-corrected chi connectivity index (χ1v) is 8.90. The predicted molar refractivity (Wildman–Crippen MR) is 97.4 cm³/mol. The van der Waals surface area contributed by atoms with Crippen molar-refractivity contribution < 1.29 is 24.9 Å². The summed E-state index contributed by atoms with van der Waals surface area (Å²) in [7, 11) is 0. The number of benzene rings is 2. The SMILES string of the molecule is O=C(c1ccc(Cl)cc1)c1cc(C2CCCCC2)c(O)c(C(=O)O)c1O. The highest BCUT2D eigenvalue weighted by atomic mass is 35.5. The van der Waals surface area contributed by atoms with Crippen LogP contribution in [0.5, 0.6) is 11.5 Å². The molecule has 1 aliphatic rings. The molecule has 0 aliphatic heterocycles. The first-order valence-electron chi connectivity index (χ1n) is 8.52. The van der Waals surface area contributed by atoms with E-state index in [4.69, 9.17) is 11.6 Å². The maximum atomic E-state index is 12.8. The lowest BCUT2D eigenvalue weighted by Crippen LogP contribution is -2.11. The van der Waals surface area contributed by atoms with Crippen LogP contribution < -0.4 is 0 Å². The molecule has 1 saturated carbocycles. The van der Waals surface area contributed by atoms with Crippen molar-refractivity contribution >= 4 is 23.4 Å². The number of rotatable bonds is 4. The van der Waals surface area contributed by atoms with Gasteiger partial charge in [-0.25, -0.2) is 4.79 Å². The van der Waals surface area contributed by atoms with E-state index in [-0.39, 0.29) is 17.0 Å². The molecule has 0 amide bonds. The number of hydrogen-bond acceptors (Lipinski definition) is 4. The van der Waals surface area contributed by atoms with Crippen molar-refractivity contribution in [2.45, 2.75) is 38.0 Å². The average Bonchev–Trinajstić information content (AvgIpc) is 2.62. The lowest BCUT2D eigenvalue weighted by molar-refractivity contribution is 0.0690. The summed E-state index contributed by atoms with van der Waals surface area (Å²) in [5.41, 5.74) is -0.0491. The largest absolute Gasteiger partial charge is 0.507 e. The molecule has 3 N–H and O–H groups in total. The number of hydrogen-bond donors (Lipinski definition) is 3. The second-order valence-electron chi connectivity index (χ2n) is 6.56. The Morgan fingerprint density at radius 1 is 0.962 bits per heavy atom. The van der Waals surface area contributed by atoms with E-state index in [1.807, 2.05) is 0 Å². The average molecular weight is 375 g/mol. The zero-order valence-corrected chi connectivity index (χ0v) is 14.8. The second-order valence-corrected chi connectivity index (χ2v) is 7.00. The van der Waals surface area contributed by atoms with Gasteiger partial charge >= 0.3 is 5.97 Å². The van der Waals surface area contributed by atoms with Gasteiger partial charge in [-0.2, -0.15) is 0 Å². The normalized spacial score (nSPS) is 15.0. The minimum Gasteiger partial charge on any atom is -0.507 e. The van der Waals surface area contributed by atoms with Gasteiger partial charge < -0.3 is 15.3 Å². The number of carboxylic acids is 1. The molecule has 2 aromatic rings. The fourth-order valence-electron chi connectivity index (χ4n) is 3.54. The van der Waals surface area contributed by atoms with Crippen molar-refractivity contribution in [1.82, 2.24) is 0 Å². The van der Waals surface area contributed by atoms with Crippen LogP contribution in [0.2, 0.25) is 5.02 Å². The van der Waals surface area contributed by atoms with Gasteiger partial charge in [0.25, 0.3) is 0 Å². The van der Waals surface area contributed by atoms with E-state index in [9.17, 15) is 24.9 Å². The third-order valence-electron chi connectivity index (χ3n) is 4.91. The number of carbonyl (C=O) groups excluding carboxylic acids is 1. The number of aromatic carboxylic acids is 1. The lowest BCUT2D eigenvalue weighted by atomic mass is 9.81. The molecule has 0 heterocycles. The Morgan fingerprint density at radius 3 is 2.15 bits per heavy atom. The molecule has 6 heteroatoms. The Labute approximate surface area is 155 Å². The van der Waals surface area contributed by atoms with Crippen LogP contribution in [0, 0.1) is 0 Å². The van der Waals surface area contributed by atoms with Crippen LogP contribution in [0.1, 0.15) is 69.9 Å². The Hall–Kier alpha value is -2.53. The molecular weight excluding hydrogens is 356 g/mol. The number of carboxylic acid groups (broad SMARTS) is 1. The molecule has 0 aromatic heterocycles. The van der Waals surface area contributed by atoms with Gasteiger partial charge in [-0.1, -0.05) is 30.9 Å². The summed E-state index contributed by atoms with van der Waals surface area (Å²) in [4.78, 5) is 24.4. The number of ketones is 1. The van der Waals surface area contributed by atoms with Crippen LogP contribution in [0.3, 0.4) is 0 Å². The summed E-state index contributed by atoms with van der Waals surface area (Å²) in [5.74, 6) is -3.18. The summed E-state index contributed by atoms with van der Waals surface area (Å²) in [6.07, 6.45) is 4.68. The predicted octanol–water partition coefficient (Wildman–Crippen LogP) is 4.73. The van der Waals surface area contributed by atoms with Gasteiger partial charge in [-0.05, 0) is 54.7 Å². The molecular formula is C20H19ClO5. The monoisotopic (exact) mass is 374 g/mol. The third-order valence-corrected chi connectivity index (χ3v) is 5.16. The summed E-state index contributed by atoms with van der Waals surface area (Å²) in [6, 6.07) is 7.55. The van der Waals surface area contributed by atoms with Gasteiger partial charge in [0.2, 0.25) is 0 Å². The van der Waals surface area contributed by atoms with Crippen LogP contribution >= 0.6 is 11.6 Å². The molecule has 26 heavy (non-hydrogen) atoms. The summed E-state index contributed by atoms with van der Waals surface area (Å²) >= 11 is 5.84. The van der Waals surface area contributed by atoms with Crippen molar-refractivity contribution in [2.75, 3.05) is 0 Å². The number of carbonyl (C=O) groups is 2. The Kier molecular flexibility index (Phi) is 5.18. The van der Waals surface area contributed by atoms with E-state index in [0.29, 0.717) is 10.6 Å². The standard InChI is InChI=1S/C20H19ClO5/c21-13-8-6-12(7-9-13)17(22)15-10-14(11-4-2-1-3-5-11)18(23)16(19(15)24)20(25)26/h6-11,23-24H,1-5H2,(H,25,26). The van der Waals surface area contributed by atoms with E-state index in [1.54, 1.807) is 12.1 Å². The second kappa shape index (κ2) is 7.38. The number of aromatic hydroxyl groups is 2. The molecule has 1 fully saturated rings. The molecule has 0 bridgehead atoms. The maximum absolute atomic E-state index is 12.8. The Morgan fingerprint density at radius 2 is 1.58 bits per heavy atom. The molecule has 2 aromatic carbocycles. The van der Waals surface area contributed by atoms with Gasteiger partial charge in [0.15, 0.2) is 5.78 Å². The van der Waals surface area contributed by atoms with Gasteiger partial charge in [0.05, 0.1) is 5.56 Å². The van der Waals surface area contributed by atoms with Crippen molar-refractivity contribution in [1.29, 1.82) is 0 Å². The van der Waals surface area contributed by atoms with Gasteiger partial charge in [0.1, 0.15) is 17.1 Å². The van der Waals surface area contributed by atoms with E-state index >= 15 is 0 Å². The smallest absolute Gasteiger partial charge is 0.343 e.